The van der Waals surface area contributed by atoms with Crippen LogP contribution in [0.1, 0.15) is 53.2 Å². The zero-order valence-corrected chi connectivity index (χ0v) is 12.3. The molecule has 3 heterocycles. The first kappa shape index (κ1) is 13.8. The molecule has 0 unspecified atom stereocenters. The quantitative estimate of drug-likeness (QED) is 0.896. The molecule has 112 valence electrons. The summed E-state index contributed by atoms with van der Waals surface area (Å²) in [5.74, 6) is 0.505. The van der Waals surface area contributed by atoms with Crippen molar-refractivity contribution in [1.82, 2.24) is 20.7 Å². The number of carbonyl (C=O) groups excluding carboxylic acids is 1. The molecule has 7 nitrogen and oxygen atoms in total. The van der Waals surface area contributed by atoms with E-state index in [0.717, 1.165) is 17.0 Å². The van der Waals surface area contributed by atoms with E-state index in [9.17, 15) is 4.79 Å². The third kappa shape index (κ3) is 2.69. The molecule has 21 heavy (non-hydrogen) atoms. The van der Waals surface area contributed by atoms with Gasteiger partial charge in [-0.25, -0.2) is 0 Å². The molecule has 0 saturated heterocycles. The molecule has 1 aliphatic rings. The first-order valence-electron chi connectivity index (χ1n) is 6.97. The van der Waals surface area contributed by atoms with Gasteiger partial charge in [-0.15, -0.1) is 0 Å². The predicted molar refractivity (Wildman–Crippen MR) is 73.7 cm³/mol. The molecule has 2 N–H and O–H groups in total. The van der Waals surface area contributed by atoms with E-state index < -0.39 is 0 Å². The number of aryl methyl sites for hydroxylation is 1. The van der Waals surface area contributed by atoms with E-state index in [0.29, 0.717) is 24.4 Å². The molecule has 0 spiro atoms. The largest absolute Gasteiger partial charge is 0.369 e. The maximum Gasteiger partial charge on any atom is 0.272 e. The van der Waals surface area contributed by atoms with E-state index in [-0.39, 0.29) is 18.1 Å². The summed E-state index contributed by atoms with van der Waals surface area (Å²) in [6, 6.07) is 1.79. The summed E-state index contributed by atoms with van der Waals surface area (Å²) in [7, 11) is 0. The number of fused-ring (bicyclic) bond motifs is 1. The molecule has 0 saturated carbocycles. The average Bonchev–Trinajstić information content (AvgIpc) is 3.02. The molecule has 0 radical (unpaired) electrons. The molecule has 3 rings (SSSR count). The first-order valence-corrected chi connectivity index (χ1v) is 6.97. The predicted octanol–water partition coefficient (Wildman–Crippen LogP) is 1.66. The highest BCUT2D eigenvalue weighted by atomic mass is 16.5. The molecular weight excluding hydrogens is 272 g/mol. The van der Waals surface area contributed by atoms with E-state index in [2.05, 4.69) is 20.7 Å². The lowest BCUT2D eigenvalue weighted by molar-refractivity contribution is -0.00697. The summed E-state index contributed by atoms with van der Waals surface area (Å²) in [4.78, 5) is 12.3. The Balaban J connectivity index is 1.73. The highest BCUT2D eigenvalue weighted by molar-refractivity contribution is 5.94. The average molecular weight is 290 g/mol. The number of amides is 1. The zero-order chi connectivity index (χ0) is 15.0. The number of nitrogens with one attached hydrogen (secondary N) is 2. The van der Waals surface area contributed by atoms with Crippen molar-refractivity contribution in [2.75, 3.05) is 0 Å². The van der Waals surface area contributed by atoms with Crippen LogP contribution in [0.25, 0.3) is 0 Å². The lowest BCUT2D eigenvalue weighted by Gasteiger charge is -2.25. The summed E-state index contributed by atoms with van der Waals surface area (Å²) >= 11 is 0. The Bertz CT molecular complexity index is 661. The van der Waals surface area contributed by atoms with Crippen molar-refractivity contribution in [3.8, 4) is 0 Å². The number of rotatable bonds is 3. The number of hydrogen-bond donors (Lipinski definition) is 2. The van der Waals surface area contributed by atoms with Crippen molar-refractivity contribution in [1.29, 1.82) is 0 Å². The Morgan fingerprint density at radius 1 is 1.52 bits per heavy atom. The first-order chi connectivity index (χ1) is 10.0. The minimum absolute atomic E-state index is 0.0732. The SMILES string of the molecule is Cc1cc(CNC(=O)c2n[nH]c3c2C[C@@H](C)O[C@H]3C)no1. The molecule has 0 bridgehead atoms. The van der Waals surface area contributed by atoms with Crippen LogP contribution >= 0.6 is 0 Å². The van der Waals surface area contributed by atoms with E-state index in [4.69, 9.17) is 9.26 Å². The lowest BCUT2D eigenvalue weighted by atomic mass is 9.99. The van der Waals surface area contributed by atoms with Crippen molar-refractivity contribution in [2.45, 2.75) is 45.9 Å². The van der Waals surface area contributed by atoms with Gasteiger partial charge in [0.1, 0.15) is 11.5 Å². The molecule has 2 atom stereocenters. The van der Waals surface area contributed by atoms with Gasteiger partial charge in [0.15, 0.2) is 5.69 Å². The van der Waals surface area contributed by atoms with E-state index >= 15 is 0 Å². The number of hydrogen-bond acceptors (Lipinski definition) is 5. The van der Waals surface area contributed by atoms with Crippen LogP contribution in [0, 0.1) is 6.92 Å². The lowest BCUT2D eigenvalue weighted by Crippen LogP contribution is -2.27. The summed E-state index contributed by atoms with van der Waals surface area (Å²) in [6.45, 7) is 6.07. The number of H-pyrrole nitrogens is 1. The molecule has 0 fully saturated rings. The van der Waals surface area contributed by atoms with E-state index in [1.54, 1.807) is 6.07 Å². The molecule has 7 heteroatoms. The van der Waals surface area contributed by atoms with E-state index in [1.807, 2.05) is 20.8 Å². The van der Waals surface area contributed by atoms with Crippen LogP contribution < -0.4 is 5.32 Å². The smallest absolute Gasteiger partial charge is 0.272 e. The summed E-state index contributed by atoms with van der Waals surface area (Å²) in [6.07, 6.45) is 0.688. The number of aromatic amines is 1. The van der Waals surface area contributed by atoms with Crippen molar-refractivity contribution in [3.63, 3.8) is 0 Å². The van der Waals surface area contributed by atoms with Gasteiger partial charge < -0.3 is 14.6 Å². The van der Waals surface area contributed by atoms with Crippen LogP contribution in [0.5, 0.6) is 0 Å². The molecule has 0 aliphatic carbocycles. The van der Waals surface area contributed by atoms with Gasteiger partial charge >= 0.3 is 0 Å². The normalized spacial score (nSPS) is 21.1. The van der Waals surface area contributed by atoms with Gasteiger partial charge in [0.05, 0.1) is 24.4 Å². The van der Waals surface area contributed by atoms with Gasteiger partial charge in [-0.3, -0.25) is 9.89 Å². The van der Waals surface area contributed by atoms with Crippen molar-refractivity contribution < 1.29 is 14.1 Å². The monoisotopic (exact) mass is 290 g/mol. The van der Waals surface area contributed by atoms with Crippen LogP contribution in [0.4, 0.5) is 0 Å². The van der Waals surface area contributed by atoms with Gasteiger partial charge in [-0.2, -0.15) is 5.10 Å². The van der Waals surface area contributed by atoms with Gasteiger partial charge in [0.25, 0.3) is 5.91 Å². The fourth-order valence-corrected chi connectivity index (χ4v) is 2.62. The Kier molecular flexibility index (Phi) is 3.50. The van der Waals surface area contributed by atoms with Gasteiger partial charge in [0, 0.05) is 18.1 Å². The Morgan fingerprint density at radius 2 is 2.33 bits per heavy atom. The van der Waals surface area contributed by atoms with Crippen LogP contribution in [-0.4, -0.2) is 27.4 Å². The maximum atomic E-state index is 12.3. The minimum atomic E-state index is -0.213. The van der Waals surface area contributed by atoms with Gasteiger partial charge in [-0.1, -0.05) is 5.16 Å². The molecule has 1 aliphatic heterocycles. The summed E-state index contributed by atoms with van der Waals surface area (Å²) in [5.41, 5.74) is 2.95. The second-order valence-electron chi connectivity index (χ2n) is 5.37. The highest BCUT2D eigenvalue weighted by Crippen LogP contribution is 2.29. The van der Waals surface area contributed by atoms with Gasteiger partial charge in [0.2, 0.25) is 0 Å². The van der Waals surface area contributed by atoms with Crippen LogP contribution in [0.15, 0.2) is 10.6 Å². The standard InChI is InChI=1S/C14H18N4O3/c1-7-5-11-12(9(3)20-7)16-17-13(11)14(19)15-6-10-4-8(2)21-18-10/h4,7,9H,5-6H2,1-3H3,(H,15,19)(H,16,17)/t7-,9+/m1/s1. The minimum Gasteiger partial charge on any atom is -0.369 e. The van der Waals surface area contributed by atoms with Crippen LogP contribution in [-0.2, 0) is 17.7 Å². The van der Waals surface area contributed by atoms with Crippen molar-refractivity contribution in [3.05, 3.63) is 34.5 Å². The van der Waals surface area contributed by atoms with Crippen LogP contribution in [0.3, 0.4) is 0 Å². The maximum absolute atomic E-state index is 12.3. The zero-order valence-electron chi connectivity index (χ0n) is 12.3. The molecular formula is C14H18N4O3. The fourth-order valence-electron chi connectivity index (χ4n) is 2.62. The van der Waals surface area contributed by atoms with Crippen LogP contribution in [0.2, 0.25) is 0 Å². The molecule has 0 aromatic carbocycles. The van der Waals surface area contributed by atoms with Crippen molar-refractivity contribution in [2.24, 2.45) is 0 Å². The number of carbonyl (C=O) groups is 1. The summed E-state index contributed by atoms with van der Waals surface area (Å²) in [5, 5.41) is 13.7. The van der Waals surface area contributed by atoms with E-state index in [1.165, 1.54) is 0 Å². The molecule has 2 aromatic rings. The third-order valence-corrected chi connectivity index (χ3v) is 3.56. The second-order valence-corrected chi connectivity index (χ2v) is 5.37. The Labute approximate surface area is 122 Å². The molecule has 2 aromatic heterocycles. The number of ether oxygens (including phenoxy) is 1. The molecule has 1 amide bonds. The van der Waals surface area contributed by atoms with Gasteiger partial charge in [-0.05, 0) is 20.8 Å². The Morgan fingerprint density at radius 3 is 3.05 bits per heavy atom. The second kappa shape index (κ2) is 5.33. The topological polar surface area (TPSA) is 93.0 Å². The third-order valence-electron chi connectivity index (χ3n) is 3.56. The number of nitrogens with zero attached hydrogens (tertiary/aromatic N) is 2. The Hall–Kier alpha value is -2.15. The summed E-state index contributed by atoms with van der Waals surface area (Å²) < 4.78 is 10.7. The highest BCUT2D eigenvalue weighted by Gasteiger charge is 2.29. The van der Waals surface area contributed by atoms with Crippen molar-refractivity contribution >= 4 is 5.91 Å². The fraction of sp³-hybridized carbons (Fsp3) is 0.500. The number of aromatic nitrogens is 3.